The van der Waals surface area contributed by atoms with E-state index in [2.05, 4.69) is 5.32 Å². The zero-order valence-corrected chi connectivity index (χ0v) is 11.5. The van der Waals surface area contributed by atoms with Crippen LogP contribution in [0.25, 0.3) is 0 Å². The van der Waals surface area contributed by atoms with Gasteiger partial charge in [0.1, 0.15) is 11.4 Å². The van der Waals surface area contributed by atoms with E-state index in [0.717, 1.165) is 6.07 Å². The highest BCUT2D eigenvalue weighted by Crippen LogP contribution is 2.21. The summed E-state index contributed by atoms with van der Waals surface area (Å²) in [6, 6.07) is 4.49. The van der Waals surface area contributed by atoms with Crippen LogP contribution >= 0.6 is 0 Å². The molecule has 4 nitrogen and oxygen atoms in total. The Labute approximate surface area is 112 Å². The van der Waals surface area contributed by atoms with Crippen molar-refractivity contribution in [2.45, 2.75) is 39.7 Å². The number of halogens is 1. The first-order valence-corrected chi connectivity index (χ1v) is 5.99. The van der Waals surface area contributed by atoms with Crippen LogP contribution in [0.1, 0.15) is 38.8 Å². The van der Waals surface area contributed by atoms with E-state index >= 15 is 0 Å². The van der Waals surface area contributed by atoms with Crippen LogP contribution in [0.3, 0.4) is 0 Å². The largest absolute Gasteiger partial charge is 0.444 e. The summed E-state index contributed by atoms with van der Waals surface area (Å²) in [7, 11) is 0. The van der Waals surface area contributed by atoms with Crippen LogP contribution in [0.15, 0.2) is 12.1 Å². The van der Waals surface area contributed by atoms with Crippen molar-refractivity contribution in [3.63, 3.8) is 0 Å². The van der Waals surface area contributed by atoms with Gasteiger partial charge >= 0.3 is 6.09 Å². The third kappa shape index (κ3) is 4.25. The van der Waals surface area contributed by atoms with Gasteiger partial charge in [-0.3, -0.25) is 5.32 Å². The maximum absolute atomic E-state index is 13.7. The quantitative estimate of drug-likeness (QED) is 0.887. The van der Waals surface area contributed by atoms with Gasteiger partial charge in [0.05, 0.1) is 17.3 Å². The zero-order chi connectivity index (χ0) is 14.6. The molecule has 0 aliphatic carbocycles. The SMILES string of the molecule is CCc1cc(NC(=O)OC(C)(C)C)c(F)cc1C#N. The first-order chi connectivity index (χ1) is 8.76. The Hall–Kier alpha value is -2.09. The molecule has 0 fully saturated rings. The van der Waals surface area contributed by atoms with Crippen LogP contribution in [0.2, 0.25) is 0 Å². The molecule has 1 aromatic rings. The van der Waals surface area contributed by atoms with Crippen molar-refractivity contribution in [1.29, 1.82) is 5.26 Å². The van der Waals surface area contributed by atoms with E-state index in [9.17, 15) is 9.18 Å². The predicted octanol–water partition coefficient (Wildman–Crippen LogP) is 3.61. The highest BCUT2D eigenvalue weighted by atomic mass is 19.1. The van der Waals surface area contributed by atoms with E-state index in [1.165, 1.54) is 6.07 Å². The summed E-state index contributed by atoms with van der Waals surface area (Å²) in [5.74, 6) is -0.653. The molecule has 5 heteroatoms. The van der Waals surface area contributed by atoms with Crippen LogP contribution in [0.5, 0.6) is 0 Å². The lowest BCUT2D eigenvalue weighted by atomic mass is 10.0. The van der Waals surface area contributed by atoms with Crippen molar-refractivity contribution in [2.24, 2.45) is 0 Å². The zero-order valence-electron chi connectivity index (χ0n) is 11.5. The summed E-state index contributed by atoms with van der Waals surface area (Å²) in [6.07, 6.45) is -0.148. The maximum atomic E-state index is 13.7. The van der Waals surface area contributed by atoms with E-state index in [0.29, 0.717) is 12.0 Å². The number of carbonyl (C=O) groups excluding carboxylic acids is 1. The van der Waals surface area contributed by atoms with Crippen LogP contribution < -0.4 is 5.32 Å². The number of nitrogens with zero attached hydrogens (tertiary/aromatic N) is 1. The molecule has 0 radical (unpaired) electrons. The fourth-order valence-electron chi connectivity index (χ4n) is 1.52. The standard InChI is InChI=1S/C14H17FN2O2/c1-5-9-7-12(11(15)6-10(9)8-16)17-13(18)19-14(2,3)4/h6-7H,5H2,1-4H3,(H,17,18). The van der Waals surface area contributed by atoms with Gasteiger partial charge < -0.3 is 4.74 Å². The van der Waals surface area contributed by atoms with Gasteiger partial charge in [-0.05, 0) is 44.9 Å². The molecule has 0 saturated heterocycles. The van der Waals surface area contributed by atoms with E-state index in [4.69, 9.17) is 10.00 Å². The number of carbonyl (C=O) groups is 1. The topological polar surface area (TPSA) is 62.1 Å². The lowest BCUT2D eigenvalue weighted by molar-refractivity contribution is 0.0635. The smallest absolute Gasteiger partial charge is 0.412 e. The predicted molar refractivity (Wildman–Crippen MR) is 70.3 cm³/mol. The Morgan fingerprint density at radius 1 is 1.47 bits per heavy atom. The van der Waals surface area contributed by atoms with Gasteiger partial charge in [-0.1, -0.05) is 6.92 Å². The third-order valence-electron chi connectivity index (χ3n) is 2.33. The third-order valence-corrected chi connectivity index (χ3v) is 2.33. The Morgan fingerprint density at radius 2 is 2.11 bits per heavy atom. The number of nitrogens with one attached hydrogen (secondary N) is 1. The average molecular weight is 264 g/mol. The first-order valence-electron chi connectivity index (χ1n) is 5.99. The van der Waals surface area contributed by atoms with Gasteiger partial charge in [0.15, 0.2) is 0 Å². The fraction of sp³-hybridized carbons (Fsp3) is 0.429. The number of rotatable bonds is 2. The van der Waals surface area contributed by atoms with E-state index in [1.54, 1.807) is 20.8 Å². The fourth-order valence-corrected chi connectivity index (χ4v) is 1.52. The molecule has 1 aromatic carbocycles. The van der Waals surface area contributed by atoms with E-state index in [-0.39, 0.29) is 11.3 Å². The highest BCUT2D eigenvalue weighted by Gasteiger charge is 2.18. The van der Waals surface area contributed by atoms with Gasteiger partial charge in [-0.25, -0.2) is 9.18 Å². The molecule has 1 rings (SSSR count). The van der Waals surface area contributed by atoms with Crippen molar-refractivity contribution >= 4 is 11.8 Å². The molecule has 0 unspecified atom stereocenters. The number of benzene rings is 1. The molecule has 19 heavy (non-hydrogen) atoms. The first kappa shape index (κ1) is 15.0. The normalized spacial score (nSPS) is 10.7. The molecular weight excluding hydrogens is 247 g/mol. The number of hydrogen-bond acceptors (Lipinski definition) is 3. The molecule has 0 aromatic heterocycles. The minimum absolute atomic E-state index is 0.0186. The Bertz CT molecular complexity index is 527. The Kier molecular flexibility index (Phi) is 4.49. The molecule has 0 aliphatic rings. The van der Waals surface area contributed by atoms with Gasteiger partial charge in [-0.2, -0.15) is 5.26 Å². The molecule has 0 atom stereocenters. The number of nitriles is 1. The molecule has 1 N–H and O–H groups in total. The second kappa shape index (κ2) is 5.70. The maximum Gasteiger partial charge on any atom is 0.412 e. The lowest BCUT2D eigenvalue weighted by Gasteiger charge is -2.20. The molecular formula is C14H17FN2O2. The average Bonchev–Trinajstić information content (AvgIpc) is 2.28. The minimum atomic E-state index is -0.724. The van der Waals surface area contributed by atoms with Crippen LogP contribution in [0.4, 0.5) is 14.9 Å². The molecule has 0 bridgehead atoms. The molecule has 1 amide bonds. The molecule has 0 saturated carbocycles. The van der Waals surface area contributed by atoms with Crippen LogP contribution in [0, 0.1) is 17.1 Å². The lowest BCUT2D eigenvalue weighted by Crippen LogP contribution is -2.27. The minimum Gasteiger partial charge on any atom is -0.444 e. The number of aryl methyl sites for hydroxylation is 1. The van der Waals surface area contributed by atoms with Crippen molar-refractivity contribution < 1.29 is 13.9 Å². The van der Waals surface area contributed by atoms with Crippen molar-refractivity contribution in [1.82, 2.24) is 0 Å². The second-order valence-electron chi connectivity index (χ2n) is 5.08. The second-order valence-corrected chi connectivity index (χ2v) is 5.08. The van der Waals surface area contributed by atoms with Gasteiger partial charge in [0.25, 0.3) is 0 Å². The summed E-state index contributed by atoms with van der Waals surface area (Å²) < 4.78 is 18.8. The molecule has 0 spiro atoms. The monoisotopic (exact) mass is 264 g/mol. The summed E-state index contributed by atoms with van der Waals surface area (Å²) >= 11 is 0. The van der Waals surface area contributed by atoms with Gasteiger partial charge in [-0.15, -0.1) is 0 Å². The van der Waals surface area contributed by atoms with Crippen molar-refractivity contribution in [3.05, 3.63) is 29.1 Å². The van der Waals surface area contributed by atoms with E-state index < -0.39 is 17.5 Å². The highest BCUT2D eigenvalue weighted by molar-refractivity contribution is 5.85. The molecule has 102 valence electrons. The van der Waals surface area contributed by atoms with Gasteiger partial charge in [0.2, 0.25) is 0 Å². The Balaban J connectivity index is 2.97. The van der Waals surface area contributed by atoms with E-state index in [1.807, 2.05) is 13.0 Å². The number of anilines is 1. The van der Waals surface area contributed by atoms with Crippen molar-refractivity contribution in [3.8, 4) is 6.07 Å². The van der Waals surface area contributed by atoms with Crippen molar-refractivity contribution in [2.75, 3.05) is 5.32 Å². The summed E-state index contributed by atoms with van der Waals surface area (Å²) in [5.41, 5.74) is 0.315. The number of hydrogen-bond donors (Lipinski definition) is 1. The summed E-state index contributed by atoms with van der Waals surface area (Å²) in [6.45, 7) is 7.02. The molecule has 0 heterocycles. The molecule has 0 aliphatic heterocycles. The number of ether oxygens (including phenoxy) is 1. The van der Waals surface area contributed by atoms with Gasteiger partial charge in [0, 0.05) is 0 Å². The Morgan fingerprint density at radius 3 is 2.58 bits per heavy atom. The van der Waals surface area contributed by atoms with Crippen LogP contribution in [-0.2, 0) is 11.2 Å². The van der Waals surface area contributed by atoms with Crippen LogP contribution in [-0.4, -0.2) is 11.7 Å². The number of amides is 1. The summed E-state index contributed by atoms with van der Waals surface area (Å²) in [5, 5.41) is 11.2. The summed E-state index contributed by atoms with van der Waals surface area (Å²) in [4.78, 5) is 11.6.